The Bertz CT molecular complexity index is 901. The summed E-state index contributed by atoms with van der Waals surface area (Å²) in [7, 11) is 0. The highest BCUT2D eigenvalue weighted by atomic mass is 31.2. The zero-order valence-corrected chi connectivity index (χ0v) is 17.5. The average molecular weight is 382 g/mol. The molecule has 4 aromatic carbocycles. The maximum absolute atomic E-state index is 2.49. The molecule has 0 nitrogen and oxygen atoms in total. The molecule has 0 amide bonds. The summed E-state index contributed by atoms with van der Waals surface area (Å²) in [6.07, 6.45) is 0. The van der Waals surface area contributed by atoms with Gasteiger partial charge in [-0.25, -0.2) is 0 Å². The highest BCUT2D eigenvalue weighted by Crippen LogP contribution is 2.44. The molecular weight excluding hydrogens is 355 g/mol. The maximum atomic E-state index is 2.49. The Balaban J connectivity index is 0.00000109. The molecule has 0 heterocycles. The van der Waals surface area contributed by atoms with Crippen LogP contribution in [0.15, 0.2) is 121 Å². The Morgan fingerprint density at radius 3 is 1.04 bits per heavy atom. The van der Waals surface area contributed by atoms with Gasteiger partial charge < -0.3 is 0 Å². The first kappa shape index (κ1) is 19.9. The van der Waals surface area contributed by atoms with Gasteiger partial charge in [0.05, 0.1) is 0 Å². The normalized spacial score (nSPS) is 10.5. The lowest BCUT2D eigenvalue weighted by atomic mass is 10.2. The van der Waals surface area contributed by atoms with Gasteiger partial charge in [-0.2, -0.15) is 0 Å². The van der Waals surface area contributed by atoms with Gasteiger partial charge in [-0.1, -0.05) is 135 Å². The molecule has 4 rings (SSSR count). The summed E-state index contributed by atoms with van der Waals surface area (Å²) in [5, 5.41) is 4.13. The van der Waals surface area contributed by atoms with Gasteiger partial charge in [-0.05, 0) is 34.2 Å². The van der Waals surface area contributed by atoms with E-state index in [1.54, 1.807) is 0 Å². The van der Waals surface area contributed by atoms with Crippen LogP contribution < -0.4 is 15.9 Å². The summed E-state index contributed by atoms with van der Waals surface area (Å²) < 4.78 is 0. The van der Waals surface area contributed by atoms with Crippen LogP contribution in [0, 0.1) is 0 Å². The molecule has 0 unspecified atom stereocenters. The van der Waals surface area contributed by atoms with E-state index in [4.69, 9.17) is 0 Å². The Morgan fingerprint density at radius 1 is 0.429 bits per heavy atom. The van der Waals surface area contributed by atoms with Crippen molar-refractivity contribution in [2.24, 2.45) is 0 Å². The molecule has 140 valence electrons. The van der Waals surface area contributed by atoms with Crippen molar-refractivity contribution >= 4 is 28.6 Å². The molecule has 0 saturated carbocycles. The standard InChI is InChI=1S/C25H21P.C2H6/c1-5-13-22(14-6-1)21-26(23-15-7-2-8-16-23,24-17-9-3-10-18-24)25-19-11-4-12-20-25;1-2/h1-21H;1-2H3. The molecule has 0 spiro atoms. The molecular formula is C27H27P. The van der Waals surface area contributed by atoms with Crippen molar-refractivity contribution in [2.75, 3.05) is 0 Å². The van der Waals surface area contributed by atoms with Crippen LogP contribution in [0.1, 0.15) is 19.4 Å². The summed E-state index contributed by atoms with van der Waals surface area (Å²) >= 11 is 0. The van der Waals surface area contributed by atoms with Gasteiger partial charge in [0.25, 0.3) is 0 Å². The van der Waals surface area contributed by atoms with Crippen molar-refractivity contribution in [3.8, 4) is 0 Å². The summed E-state index contributed by atoms with van der Waals surface area (Å²) in [5.74, 6) is 2.49. The number of hydrogen-bond donors (Lipinski definition) is 0. The van der Waals surface area contributed by atoms with Crippen LogP contribution in [-0.4, -0.2) is 5.80 Å². The molecule has 4 aromatic rings. The Morgan fingerprint density at radius 2 is 0.714 bits per heavy atom. The van der Waals surface area contributed by atoms with Crippen molar-refractivity contribution < 1.29 is 0 Å². The summed E-state index contributed by atoms with van der Waals surface area (Å²) in [4.78, 5) is 0. The monoisotopic (exact) mass is 382 g/mol. The predicted octanol–water partition coefficient (Wildman–Crippen LogP) is 5.86. The van der Waals surface area contributed by atoms with Gasteiger partial charge in [0, 0.05) is 0 Å². The zero-order valence-electron chi connectivity index (χ0n) is 16.6. The van der Waals surface area contributed by atoms with Crippen molar-refractivity contribution in [2.45, 2.75) is 13.8 Å². The van der Waals surface area contributed by atoms with Crippen molar-refractivity contribution in [1.29, 1.82) is 0 Å². The molecule has 0 aliphatic carbocycles. The SMILES string of the molecule is C(c1ccccc1)=P(c1ccccc1)(c1ccccc1)c1ccccc1.CC. The second kappa shape index (κ2) is 9.93. The van der Waals surface area contributed by atoms with Crippen LogP contribution in [0.25, 0.3) is 0 Å². The van der Waals surface area contributed by atoms with E-state index in [-0.39, 0.29) is 0 Å². The Kier molecular flexibility index (Phi) is 7.06. The van der Waals surface area contributed by atoms with Crippen molar-refractivity contribution in [3.63, 3.8) is 0 Å². The third-order valence-electron chi connectivity index (χ3n) is 4.63. The highest BCUT2D eigenvalue weighted by molar-refractivity contribution is 7.94. The lowest BCUT2D eigenvalue weighted by Gasteiger charge is -2.29. The topological polar surface area (TPSA) is 0 Å². The quantitative estimate of drug-likeness (QED) is 0.388. The fourth-order valence-corrected chi connectivity index (χ4v) is 7.31. The molecule has 0 fully saturated rings. The molecule has 0 N–H and O–H groups in total. The minimum atomic E-state index is -1.90. The highest BCUT2D eigenvalue weighted by Gasteiger charge is 2.24. The van der Waals surface area contributed by atoms with Crippen LogP contribution in [0.5, 0.6) is 0 Å². The zero-order chi connectivity index (χ0) is 19.7. The predicted molar refractivity (Wildman–Crippen MR) is 128 cm³/mol. The van der Waals surface area contributed by atoms with E-state index >= 15 is 0 Å². The average Bonchev–Trinajstić information content (AvgIpc) is 2.81. The van der Waals surface area contributed by atoms with Gasteiger partial charge in [-0.3, -0.25) is 0 Å². The lowest BCUT2D eigenvalue weighted by molar-refractivity contribution is 1.50. The fourth-order valence-electron chi connectivity index (χ4n) is 3.42. The Labute approximate surface area is 169 Å². The third-order valence-corrected chi connectivity index (χ3v) is 8.66. The van der Waals surface area contributed by atoms with E-state index in [2.05, 4.69) is 127 Å². The molecule has 0 atom stereocenters. The van der Waals surface area contributed by atoms with Crippen LogP contribution >= 0.6 is 6.89 Å². The summed E-state index contributed by atoms with van der Waals surface area (Å²) in [6, 6.07) is 43.5. The first-order valence-corrected chi connectivity index (χ1v) is 11.7. The number of rotatable bonds is 4. The van der Waals surface area contributed by atoms with Gasteiger partial charge >= 0.3 is 0 Å². The smallest absolute Gasteiger partial charge is 0.0160 e. The van der Waals surface area contributed by atoms with Gasteiger partial charge in [0.1, 0.15) is 0 Å². The van der Waals surface area contributed by atoms with Crippen LogP contribution in [-0.2, 0) is 0 Å². The van der Waals surface area contributed by atoms with Crippen molar-refractivity contribution in [1.82, 2.24) is 0 Å². The minimum Gasteiger partial charge on any atom is -0.0683 e. The molecule has 0 bridgehead atoms. The molecule has 0 saturated heterocycles. The van der Waals surface area contributed by atoms with E-state index in [0.717, 1.165) is 0 Å². The molecule has 1 heteroatoms. The van der Waals surface area contributed by atoms with Gasteiger partial charge in [0.2, 0.25) is 0 Å². The second-order valence-corrected chi connectivity index (χ2v) is 9.52. The van der Waals surface area contributed by atoms with Crippen LogP contribution in [0.4, 0.5) is 0 Å². The summed E-state index contributed by atoms with van der Waals surface area (Å²) in [6.45, 7) is 2.10. The fraction of sp³-hybridized carbons (Fsp3) is 0.0741. The van der Waals surface area contributed by atoms with E-state index in [1.807, 2.05) is 13.8 Å². The maximum Gasteiger partial charge on any atom is -0.0160 e. The van der Waals surface area contributed by atoms with E-state index in [1.165, 1.54) is 21.5 Å². The molecule has 0 aliphatic rings. The van der Waals surface area contributed by atoms with Gasteiger partial charge in [-0.15, -0.1) is 0 Å². The van der Waals surface area contributed by atoms with E-state index in [0.29, 0.717) is 0 Å². The minimum absolute atomic E-state index is 1.26. The first-order chi connectivity index (χ1) is 13.9. The van der Waals surface area contributed by atoms with Crippen molar-refractivity contribution in [3.05, 3.63) is 127 Å². The second-order valence-electron chi connectivity index (χ2n) is 6.27. The number of hydrogen-bond acceptors (Lipinski definition) is 0. The van der Waals surface area contributed by atoms with E-state index in [9.17, 15) is 0 Å². The Hall–Kier alpha value is -2.82. The van der Waals surface area contributed by atoms with E-state index < -0.39 is 6.89 Å². The molecule has 0 aliphatic heterocycles. The molecule has 28 heavy (non-hydrogen) atoms. The molecule has 0 radical (unpaired) electrons. The number of benzene rings is 4. The largest absolute Gasteiger partial charge is 0.0683 e. The van der Waals surface area contributed by atoms with Crippen LogP contribution in [0.2, 0.25) is 0 Å². The van der Waals surface area contributed by atoms with Gasteiger partial charge in [0.15, 0.2) is 0 Å². The van der Waals surface area contributed by atoms with Crippen LogP contribution in [0.3, 0.4) is 0 Å². The summed E-state index contributed by atoms with van der Waals surface area (Å²) in [5.41, 5.74) is 1.26. The lowest BCUT2D eigenvalue weighted by Crippen LogP contribution is -2.27. The molecule has 0 aromatic heterocycles. The third kappa shape index (κ3) is 4.19. The first-order valence-electron chi connectivity index (χ1n) is 9.86.